The van der Waals surface area contributed by atoms with E-state index in [1.54, 1.807) is 12.1 Å². The van der Waals surface area contributed by atoms with E-state index in [1.807, 2.05) is 68.4 Å². The Hall–Kier alpha value is -2.91. The van der Waals surface area contributed by atoms with E-state index in [4.69, 9.17) is 11.6 Å². The maximum absolute atomic E-state index is 12.7. The zero-order valence-corrected chi connectivity index (χ0v) is 17.2. The lowest BCUT2D eigenvalue weighted by Gasteiger charge is -2.16. The second-order valence-electron chi connectivity index (χ2n) is 7.32. The molecule has 0 aromatic heterocycles. The lowest BCUT2D eigenvalue weighted by Crippen LogP contribution is -2.21. The first-order valence-electron chi connectivity index (χ1n) is 9.52. The normalized spacial score (nSPS) is 11.8. The number of aryl methyl sites for hydroxylation is 2. The highest BCUT2D eigenvalue weighted by atomic mass is 35.5. The van der Waals surface area contributed by atoms with Gasteiger partial charge in [0.1, 0.15) is 0 Å². The predicted octanol–water partition coefficient (Wildman–Crippen LogP) is 6.14. The average molecular weight is 407 g/mol. The van der Waals surface area contributed by atoms with Gasteiger partial charge in [0.05, 0.1) is 5.92 Å². The number of halogens is 1. The third-order valence-corrected chi connectivity index (χ3v) is 5.51. The summed E-state index contributed by atoms with van der Waals surface area (Å²) in [5.41, 5.74) is 5.61. The Morgan fingerprint density at radius 2 is 1.38 bits per heavy atom. The maximum Gasteiger partial charge on any atom is 0.307 e. The Morgan fingerprint density at radius 1 is 0.862 bits per heavy atom. The fraction of sp³-hybridized carbons (Fsp3) is 0.200. The number of rotatable bonds is 7. The molecule has 3 rings (SSSR count). The molecule has 1 N–H and O–H groups in total. The number of carboxylic acid groups (broad SMARTS) is 1. The van der Waals surface area contributed by atoms with Gasteiger partial charge in [0.25, 0.3) is 0 Å². The molecule has 1 unspecified atom stereocenters. The van der Waals surface area contributed by atoms with Crippen LogP contribution in [0.3, 0.4) is 0 Å². The van der Waals surface area contributed by atoms with E-state index >= 15 is 0 Å². The van der Waals surface area contributed by atoms with Crippen molar-refractivity contribution in [2.75, 3.05) is 0 Å². The Balaban J connectivity index is 1.74. The number of hydrogen-bond acceptors (Lipinski definition) is 2. The van der Waals surface area contributed by atoms with E-state index in [9.17, 15) is 14.7 Å². The monoisotopic (exact) mass is 406 g/mol. The first-order chi connectivity index (χ1) is 13.8. The fourth-order valence-electron chi connectivity index (χ4n) is 3.50. The van der Waals surface area contributed by atoms with Crippen LogP contribution >= 0.6 is 11.6 Å². The summed E-state index contributed by atoms with van der Waals surface area (Å²) in [4.78, 5) is 24.5. The summed E-state index contributed by atoms with van der Waals surface area (Å²) >= 11 is 5.92. The summed E-state index contributed by atoms with van der Waals surface area (Å²) in [5.74, 6) is -1.86. The Labute approximate surface area is 176 Å². The van der Waals surface area contributed by atoms with Crippen molar-refractivity contribution in [2.24, 2.45) is 5.92 Å². The van der Waals surface area contributed by atoms with Crippen molar-refractivity contribution in [3.63, 3.8) is 0 Å². The molecule has 3 aromatic carbocycles. The third kappa shape index (κ3) is 5.12. The molecule has 0 saturated heterocycles. The van der Waals surface area contributed by atoms with Crippen molar-refractivity contribution in [1.29, 1.82) is 0 Å². The topological polar surface area (TPSA) is 54.4 Å². The minimum absolute atomic E-state index is 0.0244. The van der Waals surface area contributed by atoms with Crippen molar-refractivity contribution >= 4 is 23.4 Å². The number of Topliss-reactive ketones (excluding diaryl/α,β-unsaturated/α-hetero) is 1. The van der Waals surface area contributed by atoms with Crippen molar-refractivity contribution < 1.29 is 14.7 Å². The zero-order valence-electron chi connectivity index (χ0n) is 16.5. The molecule has 0 amide bonds. The summed E-state index contributed by atoms with van der Waals surface area (Å²) in [6, 6.07) is 20.6. The molecule has 3 nitrogen and oxygen atoms in total. The molecular formula is C25H23ClO3. The lowest BCUT2D eigenvalue weighted by atomic mass is 9.88. The Bertz CT molecular complexity index is 1000. The van der Waals surface area contributed by atoms with Crippen molar-refractivity contribution in [2.45, 2.75) is 26.7 Å². The number of ketones is 1. The van der Waals surface area contributed by atoms with Crippen LogP contribution in [0.5, 0.6) is 0 Å². The second kappa shape index (κ2) is 9.06. The van der Waals surface area contributed by atoms with Crippen LogP contribution in [0.25, 0.3) is 11.1 Å². The molecule has 0 aliphatic heterocycles. The summed E-state index contributed by atoms with van der Waals surface area (Å²) in [6.07, 6.45) is 0.325. The molecule has 0 bridgehead atoms. The number of carbonyl (C=O) groups is 2. The van der Waals surface area contributed by atoms with Crippen LogP contribution in [-0.4, -0.2) is 16.9 Å². The number of aliphatic carboxylic acids is 1. The first kappa shape index (κ1) is 20.8. The van der Waals surface area contributed by atoms with Crippen LogP contribution in [0.4, 0.5) is 0 Å². The summed E-state index contributed by atoms with van der Waals surface area (Å²) in [7, 11) is 0. The molecule has 0 spiro atoms. The molecular weight excluding hydrogens is 384 g/mol. The molecule has 148 valence electrons. The maximum atomic E-state index is 12.7. The van der Waals surface area contributed by atoms with Crippen molar-refractivity contribution in [3.05, 3.63) is 94.0 Å². The predicted molar refractivity (Wildman–Crippen MR) is 117 cm³/mol. The van der Waals surface area contributed by atoms with Crippen molar-refractivity contribution in [3.8, 4) is 11.1 Å². The van der Waals surface area contributed by atoms with Crippen LogP contribution in [0.15, 0.2) is 66.7 Å². The number of hydrogen-bond donors (Lipinski definition) is 1. The van der Waals surface area contributed by atoms with Crippen molar-refractivity contribution in [1.82, 2.24) is 0 Å². The number of carboxylic acids is 1. The van der Waals surface area contributed by atoms with Gasteiger partial charge in [-0.15, -0.1) is 0 Å². The smallest absolute Gasteiger partial charge is 0.307 e. The highest BCUT2D eigenvalue weighted by molar-refractivity contribution is 6.30. The standard InChI is InChI=1S/C25H23ClO3/c1-16-4-3-5-17(2)23(16)14-21(25(28)29)15-24(27)20-8-6-18(7-9-20)19-10-12-22(26)13-11-19/h3-13,21H,14-15H2,1-2H3,(H,28,29). The summed E-state index contributed by atoms with van der Waals surface area (Å²) in [5, 5.41) is 10.3. The van der Waals surface area contributed by atoms with Crippen LogP contribution < -0.4 is 0 Å². The highest BCUT2D eigenvalue weighted by Crippen LogP contribution is 2.24. The van der Waals surface area contributed by atoms with Crippen LogP contribution in [-0.2, 0) is 11.2 Å². The molecule has 29 heavy (non-hydrogen) atoms. The minimum Gasteiger partial charge on any atom is -0.481 e. The van der Waals surface area contributed by atoms with E-state index in [2.05, 4.69) is 0 Å². The largest absolute Gasteiger partial charge is 0.481 e. The number of carbonyl (C=O) groups excluding carboxylic acids is 1. The number of benzene rings is 3. The van der Waals surface area contributed by atoms with Gasteiger partial charge >= 0.3 is 5.97 Å². The van der Waals surface area contributed by atoms with E-state index in [0.29, 0.717) is 17.0 Å². The molecule has 0 radical (unpaired) electrons. The molecule has 0 fully saturated rings. The Morgan fingerprint density at radius 3 is 1.90 bits per heavy atom. The van der Waals surface area contributed by atoms with Gasteiger partial charge in [0.2, 0.25) is 0 Å². The molecule has 3 aromatic rings. The van der Waals surface area contributed by atoms with Gasteiger partial charge in [-0.25, -0.2) is 0 Å². The Kier molecular flexibility index (Phi) is 6.50. The van der Waals surface area contributed by atoms with E-state index in [0.717, 1.165) is 27.8 Å². The lowest BCUT2D eigenvalue weighted by molar-refractivity contribution is -0.141. The molecule has 0 saturated carbocycles. The second-order valence-corrected chi connectivity index (χ2v) is 7.76. The zero-order chi connectivity index (χ0) is 21.0. The van der Waals surface area contributed by atoms with E-state index in [1.165, 1.54) is 0 Å². The fourth-order valence-corrected chi connectivity index (χ4v) is 3.62. The molecule has 0 heterocycles. The minimum atomic E-state index is -0.946. The third-order valence-electron chi connectivity index (χ3n) is 5.26. The van der Waals surface area contributed by atoms with Gasteiger partial charge < -0.3 is 5.11 Å². The molecule has 1 atom stereocenters. The first-order valence-corrected chi connectivity index (χ1v) is 9.90. The van der Waals surface area contributed by atoms with Crippen LogP contribution in [0, 0.1) is 19.8 Å². The SMILES string of the molecule is Cc1cccc(C)c1CC(CC(=O)c1ccc(-c2ccc(Cl)cc2)cc1)C(=O)O. The highest BCUT2D eigenvalue weighted by Gasteiger charge is 2.23. The van der Waals surface area contributed by atoms with E-state index < -0.39 is 11.9 Å². The molecule has 0 aliphatic carbocycles. The van der Waals surface area contributed by atoms with Gasteiger partial charge in [0, 0.05) is 17.0 Å². The van der Waals surface area contributed by atoms with Gasteiger partial charge in [-0.3, -0.25) is 9.59 Å². The summed E-state index contributed by atoms with van der Waals surface area (Å²) in [6.45, 7) is 3.94. The molecule has 0 aliphatic rings. The van der Waals surface area contributed by atoms with Gasteiger partial charge in [0.15, 0.2) is 5.78 Å². The van der Waals surface area contributed by atoms with Gasteiger partial charge in [-0.1, -0.05) is 66.2 Å². The van der Waals surface area contributed by atoms with Gasteiger partial charge in [-0.05, 0) is 60.2 Å². The van der Waals surface area contributed by atoms with Crippen LogP contribution in [0.2, 0.25) is 5.02 Å². The van der Waals surface area contributed by atoms with Crippen LogP contribution in [0.1, 0.15) is 33.5 Å². The average Bonchev–Trinajstić information content (AvgIpc) is 2.70. The van der Waals surface area contributed by atoms with Gasteiger partial charge in [-0.2, -0.15) is 0 Å². The quantitative estimate of drug-likeness (QED) is 0.479. The summed E-state index contributed by atoms with van der Waals surface area (Å²) < 4.78 is 0. The van der Waals surface area contributed by atoms with E-state index in [-0.39, 0.29) is 12.2 Å². The molecule has 4 heteroatoms.